The molecule has 4 amide bonds. The van der Waals surface area contributed by atoms with Crippen LogP contribution in [-0.2, 0) is 16.1 Å². The van der Waals surface area contributed by atoms with Crippen LogP contribution in [-0.4, -0.2) is 52.7 Å². The van der Waals surface area contributed by atoms with Crippen LogP contribution in [0.4, 0.5) is 0 Å². The lowest BCUT2D eigenvalue weighted by Crippen LogP contribution is -2.52. The number of hydrogen-bond donors (Lipinski definition) is 2. The van der Waals surface area contributed by atoms with Gasteiger partial charge in [0.2, 0.25) is 11.8 Å². The minimum absolute atomic E-state index is 0.0728. The van der Waals surface area contributed by atoms with Crippen molar-refractivity contribution in [2.24, 2.45) is 0 Å². The summed E-state index contributed by atoms with van der Waals surface area (Å²) in [5, 5.41) is 7.17. The van der Waals surface area contributed by atoms with E-state index >= 15 is 0 Å². The number of benzene rings is 2. The van der Waals surface area contributed by atoms with Crippen LogP contribution in [0.15, 0.2) is 54.9 Å². The summed E-state index contributed by atoms with van der Waals surface area (Å²) in [7, 11) is 0. The molecule has 9 heteroatoms. The number of aromatic nitrogens is 1. The summed E-state index contributed by atoms with van der Waals surface area (Å²) in [6, 6.07) is 12.3. The van der Waals surface area contributed by atoms with Crippen LogP contribution in [0.25, 0.3) is 10.8 Å². The molecule has 1 atom stereocenters. The first-order valence-corrected chi connectivity index (χ1v) is 13.0. The van der Waals surface area contributed by atoms with E-state index < -0.39 is 11.9 Å². The Labute approximate surface area is 220 Å². The van der Waals surface area contributed by atoms with Gasteiger partial charge in [-0.25, -0.2) is 0 Å². The molecule has 1 unspecified atom stereocenters. The second-order valence-electron chi connectivity index (χ2n) is 9.64. The summed E-state index contributed by atoms with van der Waals surface area (Å²) in [6.45, 7) is 1.50. The van der Waals surface area contributed by atoms with Crippen molar-refractivity contribution in [2.75, 3.05) is 13.2 Å². The molecule has 2 aliphatic rings. The normalized spacial score (nSPS) is 16.9. The third-order valence-corrected chi connectivity index (χ3v) is 7.05. The number of pyridine rings is 1. The Morgan fingerprint density at radius 1 is 1.08 bits per heavy atom. The van der Waals surface area contributed by atoms with Gasteiger partial charge < -0.3 is 15.0 Å². The van der Waals surface area contributed by atoms with Crippen molar-refractivity contribution >= 4 is 34.4 Å². The predicted octanol–water partition coefficient (Wildman–Crippen LogP) is 3.37. The molecule has 196 valence electrons. The molecule has 3 aromatic rings. The van der Waals surface area contributed by atoms with E-state index in [-0.39, 0.29) is 24.1 Å². The zero-order valence-electron chi connectivity index (χ0n) is 21.1. The van der Waals surface area contributed by atoms with E-state index in [2.05, 4.69) is 15.6 Å². The Bertz CT molecular complexity index is 1380. The van der Waals surface area contributed by atoms with Crippen LogP contribution in [0.5, 0.6) is 5.75 Å². The number of fused-ring (bicyclic) bond motifs is 2. The fourth-order valence-corrected chi connectivity index (χ4v) is 5.03. The maximum absolute atomic E-state index is 12.8. The Hall–Kier alpha value is -4.27. The minimum Gasteiger partial charge on any atom is -0.494 e. The van der Waals surface area contributed by atoms with Gasteiger partial charge in [-0.3, -0.25) is 29.5 Å². The van der Waals surface area contributed by atoms with Crippen molar-refractivity contribution in [3.8, 4) is 5.75 Å². The number of piperidine rings is 1. The van der Waals surface area contributed by atoms with E-state index in [1.54, 1.807) is 24.5 Å². The number of carbonyl (C=O) groups excluding carboxylic acids is 4. The van der Waals surface area contributed by atoms with Crippen molar-refractivity contribution in [1.82, 2.24) is 20.5 Å². The molecule has 2 aromatic carbocycles. The summed E-state index contributed by atoms with van der Waals surface area (Å²) >= 11 is 0. The van der Waals surface area contributed by atoms with Crippen molar-refractivity contribution in [1.29, 1.82) is 0 Å². The van der Waals surface area contributed by atoms with Gasteiger partial charge in [0, 0.05) is 48.4 Å². The highest BCUT2D eigenvalue weighted by atomic mass is 16.5. The first-order valence-electron chi connectivity index (χ1n) is 13.0. The topological polar surface area (TPSA) is 118 Å². The number of nitrogens with one attached hydrogen (secondary N) is 2. The van der Waals surface area contributed by atoms with Gasteiger partial charge in [-0.1, -0.05) is 25.0 Å². The number of unbranched alkanes of at least 4 members (excludes halogenated alkanes) is 3. The third kappa shape index (κ3) is 5.51. The molecule has 0 spiro atoms. The van der Waals surface area contributed by atoms with Gasteiger partial charge in [-0.05, 0) is 60.5 Å². The van der Waals surface area contributed by atoms with E-state index in [4.69, 9.17) is 4.74 Å². The predicted molar refractivity (Wildman–Crippen MR) is 141 cm³/mol. The maximum Gasteiger partial charge on any atom is 0.255 e. The van der Waals surface area contributed by atoms with Gasteiger partial charge in [0.05, 0.1) is 6.61 Å². The number of rotatable bonds is 10. The van der Waals surface area contributed by atoms with E-state index in [0.29, 0.717) is 43.0 Å². The second-order valence-corrected chi connectivity index (χ2v) is 9.64. The molecule has 1 aromatic heterocycles. The highest BCUT2D eigenvalue weighted by molar-refractivity contribution is 6.07. The largest absolute Gasteiger partial charge is 0.494 e. The van der Waals surface area contributed by atoms with E-state index in [9.17, 15) is 19.2 Å². The monoisotopic (exact) mass is 514 g/mol. The molecule has 9 nitrogen and oxygen atoms in total. The summed E-state index contributed by atoms with van der Waals surface area (Å²) in [5.74, 6) is -0.277. The fraction of sp³-hybridized carbons (Fsp3) is 0.345. The van der Waals surface area contributed by atoms with Crippen LogP contribution < -0.4 is 15.4 Å². The molecular weight excluding hydrogens is 484 g/mol. The van der Waals surface area contributed by atoms with Gasteiger partial charge in [0.15, 0.2) is 0 Å². The Balaban J connectivity index is 1.01. The zero-order chi connectivity index (χ0) is 26.5. The standard InChI is InChI=1S/C29H30N4O5/c34-26-11-10-25(28(36)32-26)33-18-20-16-21(8-9-23(20)29(33)37)38-15-4-2-1-3-13-31-27(35)24-7-5-6-19-17-30-14-12-22(19)24/h5-9,12,14,16-17,25H,1-4,10-11,13,15,18H2,(H,31,35)(H,32,34,36). The lowest BCUT2D eigenvalue weighted by Gasteiger charge is -2.29. The first kappa shape index (κ1) is 25.4. The molecule has 1 fully saturated rings. The SMILES string of the molecule is O=C1CCC(N2Cc3cc(OCCCCCCNC(=O)c4cccc5cnccc45)ccc3C2=O)C(=O)N1. The van der Waals surface area contributed by atoms with E-state index in [1.807, 2.05) is 30.3 Å². The first-order chi connectivity index (χ1) is 18.5. The number of nitrogens with zero attached hydrogens (tertiary/aromatic N) is 2. The van der Waals surface area contributed by atoms with E-state index in [1.165, 1.54) is 4.90 Å². The second kappa shape index (κ2) is 11.4. The highest BCUT2D eigenvalue weighted by Gasteiger charge is 2.39. The molecule has 0 radical (unpaired) electrons. The van der Waals surface area contributed by atoms with Gasteiger partial charge in [-0.2, -0.15) is 0 Å². The molecule has 0 saturated carbocycles. The van der Waals surface area contributed by atoms with Crippen LogP contribution in [0.3, 0.4) is 0 Å². The quantitative estimate of drug-likeness (QED) is 0.316. The van der Waals surface area contributed by atoms with Crippen LogP contribution in [0.1, 0.15) is 64.8 Å². The molecule has 3 heterocycles. The Morgan fingerprint density at radius 2 is 1.95 bits per heavy atom. The molecular formula is C29H30N4O5. The van der Waals surface area contributed by atoms with Gasteiger partial charge in [-0.15, -0.1) is 0 Å². The molecule has 0 aliphatic carbocycles. The molecule has 1 saturated heterocycles. The van der Waals surface area contributed by atoms with Gasteiger partial charge in [0.25, 0.3) is 11.8 Å². The Kier molecular flexibility index (Phi) is 7.62. The summed E-state index contributed by atoms with van der Waals surface area (Å²) in [5.41, 5.74) is 2.06. The summed E-state index contributed by atoms with van der Waals surface area (Å²) < 4.78 is 5.90. The number of imide groups is 1. The number of ether oxygens (including phenoxy) is 1. The average Bonchev–Trinajstić information content (AvgIpc) is 3.25. The number of hydrogen-bond acceptors (Lipinski definition) is 6. The van der Waals surface area contributed by atoms with Crippen molar-refractivity contribution in [2.45, 2.75) is 51.1 Å². The molecule has 5 rings (SSSR count). The number of amides is 4. The number of carbonyl (C=O) groups is 4. The molecule has 38 heavy (non-hydrogen) atoms. The van der Waals surface area contributed by atoms with Crippen molar-refractivity contribution in [3.63, 3.8) is 0 Å². The smallest absolute Gasteiger partial charge is 0.255 e. The van der Waals surface area contributed by atoms with Crippen molar-refractivity contribution in [3.05, 3.63) is 71.5 Å². The van der Waals surface area contributed by atoms with E-state index in [0.717, 1.165) is 42.0 Å². The Morgan fingerprint density at radius 3 is 2.82 bits per heavy atom. The zero-order valence-corrected chi connectivity index (χ0v) is 21.1. The van der Waals surface area contributed by atoms with Crippen LogP contribution >= 0.6 is 0 Å². The van der Waals surface area contributed by atoms with Gasteiger partial charge in [0.1, 0.15) is 11.8 Å². The van der Waals surface area contributed by atoms with Crippen LogP contribution in [0, 0.1) is 0 Å². The molecule has 0 bridgehead atoms. The lowest BCUT2D eigenvalue weighted by molar-refractivity contribution is -0.136. The average molecular weight is 515 g/mol. The molecule has 2 aliphatic heterocycles. The maximum atomic E-state index is 12.8. The highest BCUT2D eigenvalue weighted by Crippen LogP contribution is 2.30. The minimum atomic E-state index is -0.619. The van der Waals surface area contributed by atoms with Crippen LogP contribution in [0.2, 0.25) is 0 Å². The van der Waals surface area contributed by atoms with Gasteiger partial charge >= 0.3 is 0 Å². The molecule has 2 N–H and O–H groups in total. The third-order valence-electron chi connectivity index (χ3n) is 7.05. The summed E-state index contributed by atoms with van der Waals surface area (Å²) in [6.07, 6.45) is 7.74. The fourth-order valence-electron chi connectivity index (χ4n) is 5.03. The summed E-state index contributed by atoms with van der Waals surface area (Å²) in [4.78, 5) is 54.6. The van der Waals surface area contributed by atoms with Crippen molar-refractivity contribution < 1.29 is 23.9 Å². The lowest BCUT2D eigenvalue weighted by atomic mass is 10.0.